The fourth-order valence-electron chi connectivity index (χ4n) is 0.669. The molecule has 0 bridgehead atoms. The van der Waals surface area contributed by atoms with E-state index >= 15 is 0 Å². The topological polar surface area (TPSA) is 0 Å². The van der Waals surface area contributed by atoms with Crippen molar-refractivity contribution >= 4 is 50.1 Å². The van der Waals surface area contributed by atoms with E-state index in [1.807, 2.05) is 22.6 Å². The SMILES string of the molecule is Fc1c(CCl)ccc(Br)c1I. The Morgan fingerprint density at radius 2 is 2.18 bits per heavy atom. The Morgan fingerprint density at radius 3 is 2.73 bits per heavy atom. The molecule has 0 nitrogen and oxygen atoms in total. The molecular weight excluding hydrogens is 345 g/mol. The van der Waals surface area contributed by atoms with E-state index in [0.29, 0.717) is 9.13 Å². The lowest BCUT2D eigenvalue weighted by atomic mass is 10.2. The largest absolute Gasteiger partial charge is 0.205 e. The third-order valence-electron chi connectivity index (χ3n) is 1.26. The van der Waals surface area contributed by atoms with E-state index in [1.54, 1.807) is 12.1 Å². The van der Waals surface area contributed by atoms with Crippen LogP contribution in [0.3, 0.4) is 0 Å². The quantitative estimate of drug-likeness (QED) is 0.409. The summed E-state index contributed by atoms with van der Waals surface area (Å²) < 4.78 is 14.5. The highest BCUT2D eigenvalue weighted by molar-refractivity contribution is 14.1. The van der Waals surface area contributed by atoms with Crippen molar-refractivity contribution in [2.75, 3.05) is 0 Å². The van der Waals surface area contributed by atoms with Crippen molar-refractivity contribution in [3.8, 4) is 0 Å². The highest BCUT2D eigenvalue weighted by Crippen LogP contribution is 2.24. The molecule has 0 heterocycles. The van der Waals surface area contributed by atoms with Crippen LogP contribution in [0.2, 0.25) is 0 Å². The minimum Gasteiger partial charge on any atom is -0.205 e. The van der Waals surface area contributed by atoms with Crippen LogP contribution in [0, 0.1) is 9.39 Å². The Kier molecular flexibility index (Phi) is 3.58. The number of halogens is 4. The third-order valence-corrected chi connectivity index (χ3v) is 4.00. The van der Waals surface area contributed by atoms with Crippen molar-refractivity contribution in [3.63, 3.8) is 0 Å². The molecule has 11 heavy (non-hydrogen) atoms. The van der Waals surface area contributed by atoms with Gasteiger partial charge in [0.05, 0.1) is 9.45 Å². The predicted molar refractivity (Wildman–Crippen MR) is 56.4 cm³/mol. The Morgan fingerprint density at radius 1 is 1.55 bits per heavy atom. The zero-order valence-electron chi connectivity index (χ0n) is 5.37. The highest BCUT2D eigenvalue weighted by Gasteiger charge is 2.07. The van der Waals surface area contributed by atoms with Gasteiger partial charge in [0.2, 0.25) is 0 Å². The van der Waals surface area contributed by atoms with Crippen LogP contribution in [-0.4, -0.2) is 0 Å². The summed E-state index contributed by atoms with van der Waals surface area (Å²) >= 11 is 10.7. The van der Waals surface area contributed by atoms with Crippen LogP contribution < -0.4 is 0 Å². The van der Waals surface area contributed by atoms with Gasteiger partial charge in [-0.2, -0.15) is 0 Å². The summed E-state index contributed by atoms with van der Waals surface area (Å²) in [7, 11) is 0. The van der Waals surface area contributed by atoms with Gasteiger partial charge in [-0.25, -0.2) is 4.39 Å². The number of benzene rings is 1. The van der Waals surface area contributed by atoms with Gasteiger partial charge in [-0.1, -0.05) is 6.07 Å². The van der Waals surface area contributed by atoms with Gasteiger partial charge in [-0.15, -0.1) is 11.6 Å². The second kappa shape index (κ2) is 4.05. The van der Waals surface area contributed by atoms with Gasteiger partial charge in [0.1, 0.15) is 5.82 Å². The van der Waals surface area contributed by atoms with E-state index in [-0.39, 0.29) is 11.7 Å². The van der Waals surface area contributed by atoms with Gasteiger partial charge in [0.25, 0.3) is 0 Å². The van der Waals surface area contributed by atoms with E-state index in [0.717, 1.165) is 4.47 Å². The lowest BCUT2D eigenvalue weighted by Crippen LogP contribution is -1.90. The highest BCUT2D eigenvalue weighted by atomic mass is 127. The molecule has 0 unspecified atom stereocenters. The number of hydrogen-bond acceptors (Lipinski definition) is 0. The van der Waals surface area contributed by atoms with E-state index in [4.69, 9.17) is 11.6 Å². The average Bonchev–Trinajstić information content (AvgIpc) is 2.01. The molecule has 0 aliphatic rings. The first-order chi connectivity index (χ1) is 5.16. The fraction of sp³-hybridized carbons (Fsp3) is 0.143. The Balaban J connectivity index is 3.25. The number of hydrogen-bond donors (Lipinski definition) is 0. The standard InChI is InChI=1S/C7H4BrClFI/c8-5-2-1-4(3-9)6(10)7(5)11/h1-2H,3H2. The van der Waals surface area contributed by atoms with Crippen LogP contribution in [0.5, 0.6) is 0 Å². The smallest absolute Gasteiger partial charge is 0.142 e. The van der Waals surface area contributed by atoms with Crippen LogP contribution in [0.15, 0.2) is 16.6 Å². The molecule has 0 saturated heterocycles. The maximum absolute atomic E-state index is 13.1. The lowest BCUT2D eigenvalue weighted by Gasteiger charge is -2.01. The Labute approximate surface area is 91.4 Å². The Hall–Kier alpha value is 0.650. The summed E-state index contributed by atoms with van der Waals surface area (Å²) in [5.41, 5.74) is 0.541. The average molecular weight is 349 g/mol. The van der Waals surface area contributed by atoms with Crippen molar-refractivity contribution in [1.82, 2.24) is 0 Å². The molecular formula is C7H4BrClFI. The normalized spacial score (nSPS) is 10.2. The molecule has 1 aromatic rings. The first-order valence-corrected chi connectivity index (χ1v) is 5.25. The zero-order valence-corrected chi connectivity index (χ0v) is 9.87. The second-order valence-corrected chi connectivity index (χ2v) is 4.17. The molecule has 60 valence electrons. The molecule has 4 heteroatoms. The summed E-state index contributed by atoms with van der Waals surface area (Å²) in [4.78, 5) is 0. The minimum absolute atomic E-state index is 0.217. The maximum Gasteiger partial charge on any atom is 0.142 e. The molecule has 0 amide bonds. The molecule has 0 aromatic heterocycles. The van der Waals surface area contributed by atoms with Gasteiger partial charge >= 0.3 is 0 Å². The predicted octanol–water partition coefficient (Wildman–Crippen LogP) is 3.93. The first-order valence-electron chi connectivity index (χ1n) is 2.85. The lowest BCUT2D eigenvalue weighted by molar-refractivity contribution is 0.608. The van der Waals surface area contributed by atoms with E-state index < -0.39 is 0 Å². The number of rotatable bonds is 1. The molecule has 0 aliphatic heterocycles. The summed E-state index contributed by atoms with van der Waals surface area (Å²) in [6.45, 7) is 0. The van der Waals surface area contributed by atoms with E-state index in [2.05, 4.69) is 15.9 Å². The van der Waals surface area contributed by atoms with Crippen molar-refractivity contribution in [1.29, 1.82) is 0 Å². The van der Waals surface area contributed by atoms with Crippen LogP contribution in [-0.2, 0) is 5.88 Å². The minimum atomic E-state index is -0.227. The van der Waals surface area contributed by atoms with Crippen molar-refractivity contribution < 1.29 is 4.39 Å². The molecule has 0 radical (unpaired) electrons. The summed E-state index contributed by atoms with van der Waals surface area (Å²) in [5.74, 6) is -0.00950. The van der Waals surface area contributed by atoms with Crippen molar-refractivity contribution in [2.24, 2.45) is 0 Å². The Bertz CT molecular complexity index is 277. The third kappa shape index (κ3) is 2.06. The summed E-state index contributed by atoms with van der Waals surface area (Å²) in [6, 6.07) is 3.47. The molecule has 0 spiro atoms. The molecule has 1 rings (SSSR count). The molecule has 0 atom stereocenters. The molecule has 0 fully saturated rings. The van der Waals surface area contributed by atoms with E-state index in [9.17, 15) is 4.39 Å². The first kappa shape index (κ1) is 9.74. The van der Waals surface area contributed by atoms with Gasteiger partial charge in [0.15, 0.2) is 0 Å². The molecule has 0 saturated carbocycles. The second-order valence-electron chi connectivity index (χ2n) is 1.97. The molecule has 1 aromatic carbocycles. The maximum atomic E-state index is 13.1. The van der Waals surface area contributed by atoms with Crippen molar-refractivity contribution in [2.45, 2.75) is 5.88 Å². The molecule has 0 N–H and O–H groups in total. The summed E-state index contributed by atoms with van der Waals surface area (Å²) in [5, 5.41) is 0. The summed E-state index contributed by atoms with van der Waals surface area (Å²) in [6.07, 6.45) is 0. The monoisotopic (exact) mass is 348 g/mol. The van der Waals surface area contributed by atoms with Gasteiger partial charge < -0.3 is 0 Å². The van der Waals surface area contributed by atoms with Gasteiger partial charge in [0, 0.05) is 10.0 Å². The number of alkyl halides is 1. The van der Waals surface area contributed by atoms with E-state index in [1.165, 1.54) is 0 Å². The van der Waals surface area contributed by atoms with Crippen LogP contribution >= 0.6 is 50.1 Å². The molecule has 0 aliphatic carbocycles. The zero-order chi connectivity index (χ0) is 8.43. The van der Waals surface area contributed by atoms with Gasteiger partial charge in [-0.05, 0) is 44.6 Å². The van der Waals surface area contributed by atoms with Crippen molar-refractivity contribution in [3.05, 3.63) is 31.6 Å². The fourth-order valence-corrected chi connectivity index (χ4v) is 1.71. The van der Waals surface area contributed by atoms with Crippen LogP contribution in [0.1, 0.15) is 5.56 Å². The van der Waals surface area contributed by atoms with Crippen LogP contribution in [0.4, 0.5) is 4.39 Å². The van der Waals surface area contributed by atoms with Crippen LogP contribution in [0.25, 0.3) is 0 Å². The van der Waals surface area contributed by atoms with Gasteiger partial charge in [-0.3, -0.25) is 0 Å².